The van der Waals surface area contributed by atoms with Gasteiger partial charge in [-0.25, -0.2) is 0 Å². The second-order valence-electron chi connectivity index (χ2n) is 6.39. The van der Waals surface area contributed by atoms with Crippen molar-refractivity contribution in [1.82, 2.24) is 4.90 Å². The summed E-state index contributed by atoms with van der Waals surface area (Å²) in [7, 11) is 1.73. The number of β-amino-alcohol motifs (C(OH)–C–C–N with tert-alkyl or cyclic N) is 1. The summed E-state index contributed by atoms with van der Waals surface area (Å²) in [5, 5.41) is 9.75. The average molecular weight is 292 g/mol. The van der Waals surface area contributed by atoms with Crippen LogP contribution in [0, 0.1) is 6.92 Å². The van der Waals surface area contributed by atoms with E-state index in [2.05, 4.69) is 31.7 Å². The molecule has 0 radical (unpaired) electrons. The highest BCUT2D eigenvalue weighted by molar-refractivity contribution is 5.54. The molecule has 0 bridgehead atoms. The predicted molar refractivity (Wildman–Crippen MR) is 85.7 cm³/mol. The summed E-state index contributed by atoms with van der Waals surface area (Å²) in [6, 6.07) is 2.30. The zero-order valence-corrected chi connectivity index (χ0v) is 13.8. The minimum Gasteiger partial charge on any atom is -0.496 e. The lowest BCUT2D eigenvalue weighted by molar-refractivity contribution is 0.105. The van der Waals surface area contributed by atoms with Crippen molar-refractivity contribution in [3.63, 3.8) is 0 Å². The van der Waals surface area contributed by atoms with Crippen molar-refractivity contribution in [2.24, 2.45) is 5.73 Å². The summed E-state index contributed by atoms with van der Waals surface area (Å²) in [6.07, 6.45) is -0.349. The van der Waals surface area contributed by atoms with Crippen LogP contribution in [0.4, 0.5) is 0 Å². The lowest BCUT2D eigenvalue weighted by Crippen LogP contribution is -2.33. The molecule has 0 amide bonds. The number of hydrogen-bond donors (Lipinski definition) is 2. The fraction of sp³-hybridized carbons (Fsp3) is 0.647. The number of aliphatic hydroxyl groups is 1. The summed E-state index contributed by atoms with van der Waals surface area (Å²) in [5.41, 5.74) is 11.3. The van der Waals surface area contributed by atoms with Crippen LogP contribution in [0.25, 0.3) is 0 Å². The molecule has 1 aromatic rings. The maximum Gasteiger partial charge on any atom is 0.122 e. The van der Waals surface area contributed by atoms with Crippen LogP contribution in [0.2, 0.25) is 0 Å². The molecule has 118 valence electrons. The number of benzene rings is 1. The average Bonchev–Trinajstić information content (AvgIpc) is 2.75. The first-order valence-electron chi connectivity index (χ1n) is 7.73. The standard InChI is InChI=1S/C17H28N2O2/c1-10(2)16-15(21-5)6-11(3)13-9-19(8-12(4)20)14(7-18)17(13)16/h6,10,12,14,20H,7-9,18H2,1-5H3. The molecular weight excluding hydrogens is 264 g/mol. The van der Waals surface area contributed by atoms with Crippen LogP contribution in [0.15, 0.2) is 6.07 Å². The number of ether oxygens (including phenoxy) is 1. The summed E-state index contributed by atoms with van der Waals surface area (Å²) in [4.78, 5) is 2.29. The Kier molecular flexibility index (Phi) is 4.91. The third-order valence-corrected chi connectivity index (χ3v) is 4.36. The Morgan fingerprint density at radius 1 is 1.43 bits per heavy atom. The SMILES string of the molecule is COc1cc(C)c2c(c1C(C)C)C(CN)N(CC(C)O)C2. The minimum atomic E-state index is -0.349. The molecule has 4 heteroatoms. The molecule has 2 atom stereocenters. The van der Waals surface area contributed by atoms with Crippen LogP contribution in [0.1, 0.15) is 55.0 Å². The molecule has 3 N–H and O–H groups in total. The van der Waals surface area contributed by atoms with Crippen molar-refractivity contribution in [3.05, 3.63) is 28.3 Å². The predicted octanol–water partition coefficient (Wildman–Crippen LogP) is 2.32. The van der Waals surface area contributed by atoms with Crippen LogP contribution < -0.4 is 10.5 Å². The molecule has 2 rings (SSSR count). The summed E-state index contributed by atoms with van der Waals surface area (Å²) in [6.45, 7) is 10.4. The van der Waals surface area contributed by atoms with E-state index in [4.69, 9.17) is 10.5 Å². The molecule has 0 saturated carbocycles. The molecule has 0 aromatic heterocycles. The van der Waals surface area contributed by atoms with E-state index in [-0.39, 0.29) is 12.1 Å². The van der Waals surface area contributed by atoms with E-state index in [9.17, 15) is 5.11 Å². The van der Waals surface area contributed by atoms with Crippen molar-refractivity contribution >= 4 is 0 Å². The lowest BCUT2D eigenvalue weighted by atomic mass is 9.88. The zero-order valence-electron chi connectivity index (χ0n) is 13.8. The Morgan fingerprint density at radius 2 is 2.10 bits per heavy atom. The van der Waals surface area contributed by atoms with Crippen molar-refractivity contribution < 1.29 is 9.84 Å². The van der Waals surface area contributed by atoms with Crippen LogP contribution in [0.3, 0.4) is 0 Å². The van der Waals surface area contributed by atoms with Gasteiger partial charge in [0, 0.05) is 31.2 Å². The Hall–Kier alpha value is -1.10. The van der Waals surface area contributed by atoms with E-state index in [0.717, 1.165) is 12.3 Å². The van der Waals surface area contributed by atoms with Crippen molar-refractivity contribution in [1.29, 1.82) is 0 Å². The van der Waals surface area contributed by atoms with Gasteiger partial charge in [-0.2, -0.15) is 0 Å². The first-order valence-corrected chi connectivity index (χ1v) is 7.73. The Labute approximate surface area is 127 Å². The maximum absolute atomic E-state index is 9.75. The minimum absolute atomic E-state index is 0.167. The quantitative estimate of drug-likeness (QED) is 0.874. The molecule has 0 aliphatic carbocycles. The molecule has 1 heterocycles. The monoisotopic (exact) mass is 292 g/mol. The second-order valence-corrected chi connectivity index (χ2v) is 6.39. The van der Waals surface area contributed by atoms with Gasteiger partial charge in [0.15, 0.2) is 0 Å². The van der Waals surface area contributed by atoms with Gasteiger partial charge >= 0.3 is 0 Å². The van der Waals surface area contributed by atoms with E-state index in [1.807, 2.05) is 6.92 Å². The molecule has 1 aliphatic heterocycles. The smallest absolute Gasteiger partial charge is 0.122 e. The number of hydrogen-bond acceptors (Lipinski definition) is 4. The summed E-state index contributed by atoms with van der Waals surface area (Å²) < 4.78 is 5.61. The topological polar surface area (TPSA) is 58.7 Å². The van der Waals surface area contributed by atoms with Gasteiger partial charge in [-0.15, -0.1) is 0 Å². The number of aryl methyl sites for hydroxylation is 1. The summed E-state index contributed by atoms with van der Waals surface area (Å²) >= 11 is 0. The molecular formula is C17H28N2O2. The Balaban J connectivity index is 2.57. The highest BCUT2D eigenvalue weighted by Gasteiger charge is 2.35. The van der Waals surface area contributed by atoms with Gasteiger partial charge in [-0.3, -0.25) is 4.90 Å². The molecule has 0 spiro atoms. The van der Waals surface area contributed by atoms with E-state index in [1.165, 1.54) is 22.3 Å². The molecule has 2 unspecified atom stereocenters. The lowest BCUT2D eigenvalue weighted by Gasteiger charge is -2.27. The van der Waals surface area contributed by atoms with Gasteiger partial charge in [0.05, 0.1) is 13.2 Å². The third-order valence-electron chi connectivity index (χ3n) is 4.36. The molecule has 0 saturated heterocycles. The van der Waals surface area contributed by atoms with Crippen molar-refractivity contribution in [2.45, 2.75) is 52.3 Å². The number of fused-ring (bicyclic) bond motifs is 1. The fourth-order valence-corrected chi connectivity index (χ4v) is 3.52. The van der Waals surface area contributed by atoms with E-state index >= 15 is 0 Å². The highest BCUT2D eigenvalue weighted by Crippen LogP contribution is 2.44. The third kappa shape index (κ3) is 2.93. The van der Waals surface area contributed by atoms with E-state index < -0.39 is 0 Å². The van der Waals surface area contributed by atoms with Gasteiger partial charge < -0.3 is 15.6 Å². The Bertz CT molecular complexity index is 512. The van der Waals surface area contributed by atoms with Gasteiger partial charge in [-0.1, -0.05) is 13.8 Å². The highest BCUT2D eigenvalue weighted by atomic mass is 16.5. The van der Waals surface area contributed by atoms with Gasteiger partial charge in [0.25, 0.3) is 0 Å². The van der Waals surface area contributed by atoms with E-state index in [0.29, 0.717) is 19.0 Å². The number of rotatable bonds is 5. The molecule has 1 aromatic carbocycles. The first kappa shape index (κ1) is 16.3. The van der Waals surface area contributed by atoms with Gasteiger partial charge in [0.1, 0.15) is 5.75 Å². The molecule has 4 nitrogen and oxygen atoms in total. The van der Waals surface area contributed by atoms with E-state index in [1.54, 1.807) is 7.11 Å². The summed E-state index contributed by atoms with van der Waals surface area (Å²) in [5.74, 6) is 1.34. The largest absolute Gasteiger partial charge is 0.496 e. The number of aliphatic hydroxyl groups excluding tert-OH is 1. The number of methoxy groups -OCH3 is 1. The van der Waals surface area contributed by atoms with Gasteiger partial charge in [0.2, 0.25) is 0 Å². The molecule has 0 fully saturated rings. The van der Waals surface area contributed by atoms with Crippen LogP contribution in [-0.4, -0.2) is 36.3 Å². The Morgan fingerprint density at radius 3 is 2.57 bits per heavy atom. The number of nitrogens with zero attached hydrogens (tertiary/aromatic N) is 1. The fourth-order valence-electron chi connectivity index (χ4n) is 3.52. The number of nitrogens with two attached hydrogens (primary N) is 1. The van der Waals surface area contributed by atoms with Crippen LogP contribution in [0.5, 0.6) is 5.75 Å². The second kappa shape index (κ2) is 6.34. The molecule has 21 heavy (non-hydrogen) atoms. The van der Waals surface area contributed by atoms with Crippen molar-refractivity contribution in [3.8, 4) is 5.75 Å². The first-order chi connectivity index (χ1) is 9.90. The van der Waals surface area contributed by atoms with Crippen LogP contribution in [-0.2, 0) is 6.54 Å². The maximum atomic E-state index is 9.75. The van der Waals surface area contributed by atoms with Gasteiger partial charge in [-0.05, 0) is 42.5 Å². The molecule has 1 aliphatic rings. The van der Waals surface area contributed by atoms with Crippen LogP contribution >= 0.6 is 0 Å². The zero-order chi connectivity index (χ0) is 15.7. The van der Waals surface area contributed by atoms with Crippen molar-refractivity contribution in [2.75, 3.05) is 20.2 Å². The normalized spacial score (nSPS) is 19.9.